The van der Waals surface area contributed by atoms with Gasteiger partial charge in [0.15, 0.2) is 0 Å². The van der Waals surface area contributed by atoms with E-state index in [2.05, 4.69) is 23.1 Å². The molecule has 0 aliphatic heterocycles. The van der Waals surface area contributed by atoms with Crippen molar-refractivity contribution in [2.75, 3.05) is 0 Å². The zero-order valence-corrected chi connectivity index (χ0v) is 10.5. The van der Waals surface area contributed by atoms with Crippen molar-refractivity contribution < 1.29 is 0 Å². The third-order valence-corrected chi connectivity index (χ3v) is 3.79. The number of hydrogen-bond donors (Lipinski definition) is 0. The Morgan fingerprint density at radius 2 is 2.06 bits per heavy atom. The van der Waals surface area contributed by atoms with Gasteiger partial charge in [0.05, 0.1) is 11.5 Å². The van der Waals surface area contributed by atoms with Gasteiger partial charge in [0.1, 0.15) is 12.2 Å². The second-order valence-electron chi connectivity index (χ2n) is 4.98. The lowest BCUT2D eigenvalue weighted by Gasteiger charge is -2.24. The van der Waals surface area contributed by atoms with E-state index in [-0.39, 0.29) is 5.41 Å². The molecule has 2 rings (SSSR count). The van der Waals surface area contributed by atoms with Crippen LogP contribution in [0.5, 0.6) is 0 Å². The van der Waals surface area contributed by atoms with Crippen molar-refractivity contribution in [2.24, 2.45) is 5.41 Å². The van der Waals surface area contributed by atoms with Crippen LogP contribution in [0, 0.1) is 16.7 Å². The second kappa shape index (κ2) is 5.31. The molecule has 0 saturated heterocycles. The summed E-state index contributed by atoms with van der Waals surface area (Å²) in [7, 11) is 0. The topological polar surface area (TPSA) is 54.5 Å². The Balaban J connectivity index is 2.16. The SMILES string of the molecule is CCn1ncnc1CC1(C#N)CCCCCC1. The van der Waals surface area contributed by atoms with Crippen LogP contribution in [-0.4, -0.2) is 14.8 Å². The fraction of sp³-hybridized carbons (Fsp3) is 0.769. The fourth-order valence-electron chi connectivity index (χ4n) is 2.73. The Morgan fingerprint density at radius 1 is 1.35 bits per heavy atom. The molecule has 0 atom stereocenters. The third kappa shape index (κ3) is 2.66. The molecule has 0 amide bonds. The van der Waals surface area contributed by atoms with E-state index in [9.17, 15) is 5.26 Å². The number of nitriles is 1. The third-order valence-electron chi connectivity index (χ3n) is 3.79. The zero-order chi connectivity index (χ0) is 12.1. The minimum Gasteiger partial charge on any atom is -0.250 e. The summed E-state index contributed by atoms with van der Waals surface area (Å²) in [5.74, 6) is 0.968. The Morgan fingerprint density at radius 3 is 2.65 bits per heavy atom. The molecule has 1 aromatic heterocycles. The van der Waals surface area contributed by atoms with Gasteiger partial charge in [-0.05, 0) is 19.8 Å². The highest BCUT2D eigenvalue weighted by Crippen LogP contribution is 2.37. The Hall–Kier alpha value is -1.37. The van der Waals surface area contributed by atoms with Gasteiger partial charge in [-0.3, -0.25) is 4.68 Å². The van der Waals surface area contributed by atoms with Gasteiger partial charge in [-0.1, -0.05) is 25.7 Å². The van der Waals surface area contributed by atoms with Crippen molar-refractivity contribution in [1.82, 2.24) is 14.8 Å². The van der Waals surface area contributed by atoms with Crippen LogP contribution in [0.3, 0.4) is 0 Å². The lowest BCUT2D eigenvalue weighted by atomic mass is 9.78. The maximum Gasteiger partial charge on any atom is 0.138 e. The van der Waals surface area contributed by atoms with Gasteiger partial charge in [0.25, 0.3) is 0 Å². The minimum absolute atomic E-state index is 0.198. The molecule has 1 aromatic rings. The van der Waals surface area contributed by atoms with Crippen LogP contribution < -0.4 is 0 Å². The first kappa shape index (κ1) is 12.1. The fourth-order valence-corrected chi connectivity index (χ4v) is 2.73. The van der Waals surface area contributed by atoms with E-state index in [4.69, 9.17) is 0 Å². The molecule has 17 heavy (non-hydrogen) atoms. The highest BCUT2D eigenvalue weighted by molar-refractivity contribution is 5.06. The zero-order valence-electron chi connectivity index (χ0n) is 10.5. The van der Waals surface area contributed by atoms with E-state index in [1.165, 1.54) is 25.7 Å². The molecule has 92 valence electrons. The summed E-state index contributed by atoms with van der Waals surface area (Å²) in [6, 6.07) is 2.57. The van der Waals surface area contributed by atoms with E-state index in [0.717, 1.165) is 31.6 Å². The van der Waals surface area contributed by atoms with Gasteiger partial charge < -0.3 is 0 Å². The predicted molar refractivity (Wildman–Crippen MR) is 65.1 cm³/mol. The molecule has 4 nitrogen and oxygen atoms in total. The van der Waals surface area contributed by atoms with Crippen LogP contribution in [0.2, 0.25) is 0 Å². The van der Waals surface area contributed by atoms with Crippen molar-refractivity contribution in [3.63, 3.8) is 0 Å². The molecular weight excluding hydrogens is 212 g/mol. The molecule has 1 heterocycles. The summed E-state index contributed by atoms with van der Waals surface area (Å²) in [5, 5.41) is 13.7. The molecule has 1 fully saturated rings. The predicted octanol–water partition coefficient (Wildman–Crippen LogP) is 2.70. The lowest BCUT2D eigenvalue weighted by molar-refractivity contribution is 0.325. The van der Waals surface area contributed by atoms with Crippen LogP contribution in [0.15, 0.2) is 6.33 Å². The highest BCUT2D eigenvalue weighted by Gasteiger charge is 2.32. The molecule has 0 spiro atoms. The molecule has 4 heteroatoms. The summed E-state index contributed by atoms with van der Waals surface area (Å²) in [4.78, 5) is 4.31. The summed E-state index contributed by atoms with van der Waals surface area (Å²) in [6.45, 7) is 2.89. The largest absolute Gasteiger partial charge is 0.250 e. The standard InChI is InChI=1S/C13H20N4/c1-2-17-12(15-11-16-17)9-13(10-14)7-5-3-4-6-8-13/h11H,2-9H2,1H3. The average molecular weight is 232 g/mol. The first-order valence-electron chi connectivity index (χ1n) is 6.57. The average Bonchev–Trinajstić information content (AvgIpc) is 2.66. The van der Waals surface area contributed by atoms with E-state index in [1.54, 1.807) is 6.33 Å². The van der Waals surface area contributed by atoms with Gasteiger partial charge in [0.2, 0.25) is 0 Å². The monoisotopic (exact) mass is 232 g/mol. The summed E-state index contributed by atoms with van der Waals surface area (Å²) >= 11 is 0. The lowest BCUT2D eigenvalue weighted by Crippen LogP contribution is -2.23. The molecule has 0 bridgehead atoms. The second-order valence-corrected chi connectivity index (χ2v) is 4.98. The molecule has 0 aromatic carbocycles. The molecule has 1 aliphatic rings. The van der Waals surface area contributed by atoms with Gasteiger partial charge in [0, 0.05) is 13.0 Å². The van der Waals surface area contributed by atoms with E-state index in [1.807, 2.05) is 4.68 Å². The van der Waals surface area contributed by atoms with Crippen LogP contribution in [0.4, 0.5) is 0 Å². The van der Waals surface area contributed by atoms with Gasteiger partial charge in [-0.25, -0.2) is 4.98 Å². The molecule has 0 N–H and O–H groups in total. The van der Waals surface area contributed by atoms with Crippen LogP contribution in [-0.2, 0) is 13.0 Å². The van der Waals surface area contributed by atoms with Crippen molar-refractivity contribution in [3.05, 3.63) is 12.2 Å². The van der Waals surface area contributed by atoms with Crippen molar-refractivity contribution in [2.45, 2.75) is 58.4 Å². The van der Waals surface area contributed by atoms with Crippen molar-refractivity contribution >= 4 is 0 Å². The highest BCUT2D eigenvalue weighted by atomic mass is 15.3. The van der Waals surface area contributed by atoms with Crippen LogP contribution in [0.25, 0.3) is 0 Å². The number of rotatable bonds is 3. The molecule has 0 radical (unpaired) electrons. The molecular formula is C13H20N4. The van der Waals surface area contributed by atoms with E-state index in [0.29, 0.717) is 0 Å². The van der Waals surface area contributed by atoms with Gasteiger partial charge >= 0.3 is 0 Å². The van der Waals surface area contributed by atoms with E-state index < -0.39 is 0 Å². The maximum atomic E-state index is 9.52. The Kier molecular flexibility index (Phi) is 3.78. The Labute approximate surface area is 103 Å². The summed E-state index contributed by atoms with van der Waals surface area (Å²) in [6.07, 6.45) is 9.27. The summed E-state index contributed by atoms with van der Waals surface area (Å²) in [5.41, 5.74) is -0.198. The van der Waals surface area contributed by atoms with E-state index >= 15 is 0 Å². The quantitative estimate of drug-likeness (QED) is 0.753. The van der Waals surface area contributed by atoms with Crippen molar-refractivity contribution in [1.29, 1.82) is 5.26 Å². The number of aryl methyl sites for hydroxylation is 1. The molecule has 1 aliphatic carbocycles. The molecule has 0 unspecified atom stereocenters. The first-order chi connectivity index (χ1) is 8.29. The maximum absolute atomic E-state index is 9.52. The van der Waals surface area contributed by atoms with Gasteiger partial charge in [-0.15, -0.1) is 0 Å². The normalized spacial score (nSPS) is 19.5. The summed E-state index contributed by atoms with van der Waals surface area (Å²) < 4.78 is 1.91. The minimum atomic E-state index is -0.198. The number of nitrogens with zero attached hydrogens (tertiary/aromatic N) is 4. The Bertz CT molecular complexity index is 394. The van der Waals surface area contributed by atoms with Crippen LogP contribution in [0.1, 0.15) is 51.3 Å². The first-order valence-corrected chi connectivity index (χ1v) is 6.57. The van der Waals surface area contributed by atoms with Crippen molar-refractivity contribution in [3.8, 4) is 6.07 Å². The number of hydrogen-bond acceptors (Lipinski definition) is 3. The smallest absolute Gasteiger partial charge is 0.138 e. The van der Waals surface area contributed by atoms with Gasteiger partial charge in [-0.2, -0.15) is 10.4 Å². The number of aromatic nitrogens is 3. The van der Waals surface area contributed by atoms with Crippen LogP contribution >= 0.6 is 0 Å². The molecule has 1 saturated carbocycles.